The van der Waals surface area contributed by atoms with Crippen LogP contribution in [0.2, 0.25) is 0 Å². The predicted octanol–water partition coefficient (Wildman–Crippen LogP) is 3.28. The molecule has 0 saturated carbocycles. The van der Waals surface area contributed by atoms with E-state index < -0.39 is 0 Å². The Kier molecular flexibility index (Phi) is 4.82. The Morgan fingerprint density at radius 3 is 2.57 bits per heavy atom. The molecule has 1 heterocycles. The lowest BCUT2D eigenvalue weighted by Crippen LogP contribution is -2.46. The van der Waals surface area contributed by atoms with Gasteiger partial charge in [-0.05, 0) is 43.0 Å². The second-order valence-electron chi connectivity index (χ2n) is 7.54. The predicted molar refractivity (Wildman–Crippen MR) is 93.6 cm³/mol. The van der Waals surface area contributed by atoms with Crippen LogP contribution < -0.4 is 15.1 Å². The highest BCUT2D eigenvalue weighted by molar-refractivity contribution is 5.63. The maximum absolute atomic E-state index is 3.72. The highest BCUT2D eigenvalue weighted by Gasteiger charge is 2.28. The Bertz CT molecular complexity index is 474. The normalized spacial score (nSPS) is 20.3. The molecule has 1 aromatic carbocycles. The van der Waals surface area contributed by atoms with Crippen LogP contribution in [0.5, 0.6) is 0 Å². The molecule has 0 radical (unpaired) electrons. The summed E-state index contributed by atoms with van der Waals surface area (Å²) in [5, 5.41) is 3.72. The third-order valence-corrected chi connectivity index (χ3v) is 4.48. The molecule has 0 bridgehead atoms. The molecule has 21 heavy (non-hydrogen) atoms. The second kappa shape index (κ2) is 6.27. The highest BCUT2D eigenvalue weighted by Crippen LogP contribution is 2.28. The van der Waals surface area contributed by atoms with Gasteiger partial charge in [-0.25, -0.2) is 0 Å². The minimum Gasteiger partial charge on any atom is -0.377 e. The van der Waals surface area contributed by atoms with E-state index >= 15 is 0 Å². The Morgan fingerprint density at radius 2 is 1.95 bits per heavy atom. The van der Waals surface area contributed by atoms with Gasteiger partial charge in [0.2, 0.25) is 0 Å². The van der Waals surface area contributed by atoms with E-state index in [2.05, 4.69) is 75.1 Å². The number of nitrogens with zero attached hydrogens (tertiary/aromatic N) is 2. The van der Waals surface area contributed by atoms with Gasteiger partial charge in [0.1, 0.15) is 0 Å². The van der Waals surface area contributed by atoms with Crippen LogP contribution in [-0.4, -0.2) is 39.8 Å². The van der Waals surface area contributed by atoms with Crippen LogP contribution in [0.25, 0.3) is 0 Å². The van der Waals surface area contributed by atoms with Crippen LogP contribution >= 0.6 is 0 Å². The Balaban J connectivity index is 2.25. The number of rotatable bonds is 2. The van der Waals surface area contributed by atoms with Crippen LogP contribution in [0, 0.1) is 12.3 Å². The first-order valence-corrected chi connectivity index (χ1v) is 8.05. The molecule has 0 aromatic heterocycles. The number of benzene rings is 1. The van der Waals surface area contributed by atoms with Gasteiger partial charge in [0.15, 0.2) is 0 Å². The van der Waals surface area contributed by atoms with E-state index in [0.29, 0.717) is 6.04 Å². The van der Waals surface area contributed by atoms with Crippen molar-refractivity contribution in [1.29, 1.82) is 0 Å². The molecule has 1 atom stereocenters. The Morgan fingerprint density at radius 1 is 1.24 bits per heavy atom. The molecule has 118 valence electrons. The maximum atomic E-state index is 3.72. The molecule has 1 aromatic rings. The van der Waals surface area contributed by atoms with Gasteiger partial charge < -0.3 is 15.1 Å². The van der Waals surface area contributed by atoms with E-state index in [0.717, 1.165) is 19.6 Å². The van der Waals surface area contributed by atoms with Crippen molar-refractivity contribution in [2.45, 2.75) is 40.2 Å². The molecule has 3 nitrogen and oxygen atoms in total. The van der Waals surface area contributed by atoms with Gasteiger partial charge in [-0.3, -0.25) is 0 Å². The minimum absolute atomic E-state index is 0.289. The van der Waals surface area contributed by atoms with Crippen molar-refractivity contribution >= 4 is 11.4 Å². The van der Waals surface area contributed by atoms with Crippen molar-refractivity contribution < 1.29 is 0 Å². The van der Waals surface area contributed by atoms with Crippen LogP contribution in [0.1, 0.15) is 32.8 Å². The molecule has 1 saturated heterocycles. The summed E-state index contributed by atoms with van der Waals surface area (Å²) >= 11 is 0. The number of hydrogen-bond donors (Lipinski definition) is 1. The molecule has 1 N–H and O–H groups in total. The first-order chi connectivity index (χ1) is 9.79. The molecule has 1 aliphatic heterocycles. The summed E-state index contributed by atoms with van der Waals surface area (Å²) in [6.07, 6.45) is 1.21. The minimum atomic E-state index is 0.289. The van der Waals surface area contributed by atoms with Crippen molar-refractivity contribution in [3.05, 3.63) is 23.8 Å². The van der Waals surface area contributed by atoms with E-state index in [1.807, 2.05) is 0 Å². The van der Waals surface area contributed by atoms with Crippen LogP contribution in [0.4, 0.5) is 11.4 Å². The van der Waals surface area contributed by atoms with Crippen LogP contribution in [0.15, 0.2) is 18.2 Å². The number of anilines is 2. The molecule has 1 aliphatic rings. The number of nitrogens with one attached hydrogen (secondary N) is 1. The van der Waals surface area contributed by atoms with E-state index in [1.165, 1.54) is 23.4 Å². The molecule has 0 spiro atoms. The fourth-order valence-electron chi connectivity index (χ4n) is 3.01. The first kappa shape index (κ1) is 16.2. The van der Waals surface area contributed by atoms with Gasteiger partial charge in [-0.2, -0.15) is 0 Å². The summed E-state index contributed by atoms with van der Waals surface area (Å²) in [6, 6.07) is 7.38. The second-order valence-corrected chi connectivity index (χ2v) is 7.54. The molecule has 0 amide bonds. The molecular weight excluding hydrogens is 258 g/mol. The third kappa shape index (κ3) is 3.91. The molecule has 1 unspecified atom stereocenters. The quantitative estimate of drug-likeness (QED) is 0.901. The van der Waals surface area contributed by atoms with Gasteiger partial charge in [-0.15, -0.1) is 0 Å². The standard InChI is InChI=1S/C18H31N3/c1-14-8-9-15(12-16(14)20(5)6)21-11-7-10-19-17(13-21)18(2,3)4/h8-9,12,17,19H,7,10-11,13H2,1-6H3. The largest absolute Gasteiger partial charge is 0.377 e. The van der Waals surface area contributed by atoms with E-state index in [4.69, 9.17) is 0 Å². The molecule has 3 heteroatoms. The zero-order valence-electron chi connectivity index (χ0n) is 14.5. The fraction of sp³-hybridized carbons (Fsp3) is 0.667. The summed E-state index contributed by atoms with van der Waals surface area (Å²) in [6.45, 7) is 12.5. The Labute approximate surface area is 130 Å². The van der Waals surface area contributed by atoms with Crippen molar-refractivity contribution in [2.24, 2.45) is 5.41 Å². The Hall–Kier alpha value is -1.22. The van der Waals surface area contributed by atoms with Gasteiger partial charge in [-0.1, -0.05) is 26.8 Å². The zero-order chi connectivity index (χ0) is 15.6. The van der Waals surface area contributed by atoms with E-state index in [9.17, 15) is 0 Å². The summed E-state index contributed by atoms with van der Waals surface area (Å²) in [5.74, 6) is 0. The van der Waals surface area contributed by atoms with Crippen LogP contribution in [-0.2, 0) is 0 Å². The van der Waals surface area contributed by atoms with Gasteiger partial charge >= 0.3 is 0 Å². The summed E-state index contributed by atoms with van der Waals surface area (Å²) in [5.41, 5.74) is 4.29. The van der Waals surface area contributed by atoms with Crippen molar-refractivity contribution in [2.75, 3.05) is 43.5 Å². The molecular formula is C18H31N3. The topological polar surface area (TPSA) is 18.5 Å². The van der Waals surface area contributed by atoms with Crippen LogP contribution in [0.3, 0.4) is 0 Å². The third-order valence-electron chi connectivity index (χ3n) is 4.48. The van der Waals surface area contributed by atoms with E-state index in [1.54, 1.807) is 0 Å². The smallest absolute Gasteiger partial charge is 0.0411 e. The molecule has 0 aliphatic carbocycles. The lowest BCUT2D eigenvalue weighted by atomic mass is 9.86. The van der Waals surface area contributed by atoms with Crippen molar-refractivity contribution in [3.63, 3.8) is 0 Å². The number of hydrogen-bond acceptors (Lipinski definition) is 3. The summed E-state index contributed by atoms with van der Waals surface area (Å²) in [4.78, 5) is 4.75. The van der Waals surface area contributed by atoms with Crippen molar-refractivity contribution in [1.82, 2.24) is 5.32 Å². The van der Waals surface area contributed by atoms with Gasteiger partial charge in [0.25, 0.3) is 0 Å². The SMILES string of the molecule is Cc1ccc(N2CCCNC(C(C)(C)C)C2)cc1N(C)C. The van der Waals surface area contributed by atoms with Crippen molar-refractivity contribution in [3.8, 4) is 0 Å². The monoisotopic (exact) mass is 289 g/mol. The first-order valence-electron chi connectivity index (χ1n) is 8.05. The molecule has 2 rings (SSSR count). The lowest BCUT2D eigenvalue weighted by Gasteiger charge is -2.35. The zero-order valence-corrected chi connectivity index (χ0v) is 14.5. The highest BCUT2D eigenvalue weighted by atomic mass is 15.2. The maximum Gasteiger partial charge on any atom is 0.0411 e. The fourth-order valence-corrected chi connectivity index (χ4v) is 3.01. The van der Waals surface area contributed by atoms with Gasteiger partial charge in [0.05, 0.1) is 0 Å². The summed E-state index contributed by atoms with van der Waals surface area (Å²) in [7, 11) is 4.24. The number of aryl methyl sites for hydroxylation is 1. The van der Waals surface area contributed by atoms with E-state index in [-0.39, 0.29) is 5.41 Å². The lowest BCUT2D eigenvalue weighted by molar-refractivity contribution is 0.280. The summed E-state index contributed by atoms with van der Waals surface area (Å²) < 4.78 is 0. The molecule has 1 fully saturated rings. The average Bonchev–Trinajstić information content (AvgIpc) is 2.64. The van der Waals surface area contributed by atoms with Gasteiger partial charge in [0, 0.05) is 44.6 Å². The average molecular weight is 289 g/mol.